The topological polar surface area (TPSA) is 113 Å². The zero-order valence-electron chi connectivity index (χ0n) is 18.0. The van der Waals surface area contributed by atoms with Crippen LogP contribution >= 0.6 is 0 Å². The second kappa shape index (κ2) is 10.3. The second-order valence-corrected chi connectivity index (χ2v) is 7.59. The lowest BCUT2D eigenvalue weighted by molar-refractivity contribution is -0.0198. The van der Waals surface area contributed by atoms with Gasteiger partial charge in [-0.15, -0.1) is 0 Å². The van der Waals surface area contributed by atoms with Crippen molar-refractivity contribution in [1.29, 1.82) is 0 Å². The van der Waals surface area contributed by atoms with Crippen LogP contribution in [0.25, 0.3) is 0 Å². The fourth-order valence-corrected chi connectivity index (χ4v) is 3.38. The van der Waals surface area contributed by atoms with E-state index in [4.69, 9.17) is 5.73 Å². The van der Waals surface area contributed by atoms with E-state index in [1.54, 1.807) is 6.92 Å². The highest BCUT2D eigenvalue weighted by Gasteiger charge is 2.38. The van der Waals surface area contributed by atoms with Gasteiger partial charge >= 0.3 is 0 Å². The summed E-state index contributed by atoms with van der Waals surface area (Å²) < 4.78 is 29.3. The lowest BCUT2D eigenvalue weighted by atomic mass is 9.86. The number of aliphatic hydroxyl groups is 1. The number of amidine groups is 1. The van der Waals surface area contributed by atoms with Crippen LogP contribution in [0.3, 0.4) is 0 Å². The summed E-state index contributed by atoms with van der Waals surface area (Å²) in [6.07, 6.45) is 2.74. The molecular weight excluding hydrogens is 416 g/mol. The van der Waals surface area contributed by atoms with E-state index in [-0.39, 0.29) is 12.1 Å². The van der Waals surface area contributed by atoms with E-state index in [1.165, 1.54) is 23.4 Å². The highest BCUT2D eigenvalue weighted by Crippen LogP contribution is 2.30. The van der Waals surface area contributed by atoms with Crippen molar-refractivity contribution < 1.29 is 13.9 Å². The maximum Gasteiger partial charge on any atom is 0.150 e. The van der Waals surface area contributed by atoms with Gasteiger partial charge in [-0.3, -0.25) is 0 Å². The molecule has 0 saturated heterocycles. The van der Waals surface area contributed by atoms with Crippen molar-refractivity contribution in [3.63, 3.8) is 0 Å². The van der Waals surface area contributed by atoms with E-state index in [9.17, 15) is 13.9 Å². The minimum absolute atomic E-state index is 0.0379. The van der Waals surface area contributed by atoms with Gasteiger partial charge in [-0.25, -0.2) is 18.4 Å². The molecule has 1 aromatic heterocycles. The van der Waals surface area contributed by atoms with Gasteiger partial charge in [0.25, 0.3) is 0 Å². The Morgan fingerprint density at radius 3 is 2.75 bits per heavy atom. The van der Waals surface area contributed by atoms with Crippen LogP contribution in [0, 0.1) is 18.6 Å². The first-order chi connectivity index (χ1) is 15.3. The lowest BCUT2D eigenvalue weighted by Gasteiger charge is -2.35. The van der Waals surface area contributed by atoms with Crippen LogP contribution in [0.1, 0.15) is 23.6 Å². The van der Waals surface area contributed by atoms with Crippen LogP contribution in [0.2, 0.25) is 0 Å². The van der Waals surface area contributed by atoms with Gasteiger partial charge in [0.05, 0.1) is 6.54 Å². The minimum Gasteiger partial charge on any atom is -0.382 e. The number of rotatable bonds is 10. The van der Waals surface area contributed by atoms with E-state index in [1.807, 2.05) is 31.2 Å². The number of nitrogens with two attached hydrogens (primary N) is 1. The predicted molar refractivity (Wildman–Crippen MR) is 118 cm³/mol. The number of aromatic nitrogens is 3. The minimum atomic E-state index is -1.71. The van der Waals surface area contributed by atoms with Crippen molar-refractivity contribution in [2.45, 2.75) is 32.0 Å². The van der Waals surface area contributed by atoms with E-state index in [0.717, 1.165) is 23.3 Å². The van der Waals surface area contributed by atoms with Gasteiger partial charge in [0.1, 0.15) is 29.9 Å². The molecule has 32 heavy (non-hydrogen) atoms. The predicted octanol–water partition coefficient (Wildman–Crippen LogP) is 1.64. The Bertz CT molecular complexity index is 1060. The summed E-state index contributed by atoms with van der Waals surface area (Å²) in [5.41, 5.74) is 9.02. The van der Waals surface area contributed by atoms with Crippen LogP contribution in [-0.2, 0) is 12.1 Å². The zero-order valence-corrected chi connectivity index (χ0v) is 18.0. The molecule has 10 heteroatoms. The Kier molecular flexibility index (Phi) is 7.49. The van der Waals surface area contributed by atoms with Crippen LogP contribution in [-0.4, -0.2) is 44.8 Å². The largest absolute Gasteiger partial charge is 0.382 e. The summed E-state index contributed by atoms with van der Waals surface area (Å²) in [4.78, 5) is 3.86. The zero-order chi connectivity index (χ0) is 23.1. The number of nitrogens with one attached hydrogen (secondary N) is 2. The molecule has 0 unspecified atom stereocenters. The fraction of sp³-hybridized carbons (Fsp3) is 0.318. The quantitative estimate of drug-likeness (QED) is 0.164. The average molecular weight is 444 g/mol. The van der Waals surface area contributed by atoms with Gasteiger partial charge < -0.3 is 21.6 Å². The molecule has 170 valence electrons. The van der Waals surface area contributed by atoms with Crippen molar-refractivity contribution in [2.75, 3.05) is 13.1 Å². The molecule has 0 radical (unpaired) electrons. The van der Waals surface area contributed by atoms with E-state index in [0.29, 0.717) is 18.9 Å². The summed E-state index contributed by atoms with van der Waals surface area (Å²) in [6.45, 7) is 4.41. The molecule has 3 aromatic rings. The van der Waals surface area contributed by atoms with Gasteiger partial charge in [-0.1, -0.05) is 29.8 Å². The number of aryl methyl sites for hydroxylation is 1. The number of hydrogen-bond donors (Lipinski definition) is 4. The highest BCUT2D eigenvalue weighted by atomic mass is 19.1. The van der Waals surface area contributed by atoms with Crippen molar-refractivity contribution in [3.05, 3.63) is 83.4 Å². The SMILES string of the molecule is Cc1cccc(/C(N)=N/NCCN[C@H](C)[C@](O)(Cn2cncn2)c2ccc(F)cc2F)c1. The Labute approximate surface area is 185 Å². The molecule has 0 amide bonds. The van der Waals surface area contributed by atoms with Crippen molar-refractivity contribution in [2.24, 2.45) is 10.8 Å². The smallest absolute Gasteiger partial charge is 0.150 e. The maximum atomic E-state index is 14.5. The molecule has 1 heterocycles. The van der Waals surface area contributed by atoms with Crippen LogP contribution in [0.5, 0.6) is 0 Å². The number of halogens is 2. The normalized spacial score (nSPS) is 14.7. The average Bonchev–Trinajstić information content (AvgIpc) is 3.25. The first kappa shape index (κ1) is 23.3. The van der Waals surface area contributed by atoms with Crippen LogP contribution in [0.4, 0.5) is 8.78 Å². The molecule has 0 bridgehead atoms. The first-order valence-corrected chi connectivity index (χ1v) is 10.2. The summed E-state index contributed by atoms with van der Waals surface area (Å²) in [5.74, 6) is -1.20. The van der Waals surface area contributed by atoms with Crippen LogP contribution < -0.4 is 16.5 Å². The third-order valence-corrected chi connectivity index (χ3v) is 5.18. The van der Waals surface area contributed by atoms with Crippen molar-refractivity contribution in [3.8, 4) is 0 Å². The lowest BCUT2D eigenvalue weighted by Crippen LogP contribution is -2.51. The highest BCUT2D eigenvalue weighted by molar-refractivity contribution is 5.97. The summed E-state index contributed by atoms with van der Waals surface area (Å²) in [7, 11) is 0. The fourth-order valence-electron chi connectivity index (χ4n) is 3.38. The summed E-state index contributed by atoms with van der Waals surface area (Å²) in [5, 5.41) is 22.7. The summed E-state index contributed by atoms with van der Waals surface area (Å²) in [6, 6.07) is 10.2. The van der Waals surface area contributed by atoms with Gasteiger partial charge in [0.2, 0.25) is 0 Å². The number of benzene rings is 2. The van der Waals surface area contributed by atoms with E-state index < -0.39 is 23.3 Å². The van der Waals surface area contributed by atoms with Gasteiger partial charge in [-0.05, 0) is 26.0 Å². The van der Waals surface area contributed by atoms with Gasteiger partial charge in [0, 0.05) is 36.3 Å². The third kappa shape index (κ3) is 5.65. The molecule has 0 aliphatic carbocycles. The Morgan fingerprint density at radius 2 is 2.06 bits per heavy atom. The van der Waals surface area contributed by atoms with E-state index in [2.05, 4.69) is 25.9 Å². The molecule has 0 fully saturated rings. The molecular formula is C22H27F2N7O. The molecule has 5 N–H and O–H groups in total. The maximum absolute atomic E-state index is 14.5. The number of nitrogens with zero attached hydrogens (tertiary/aromatic N) is 4. The monoisotopic (exact) mass is 443 g/mol. The molecule has 2 aromatic carbocycles. The molecule has 0 aliphatic rings. The molecule has 2 atom stereocenters. The van der Waals surface area contributed by atoms with Gasteiger partial charge in [0.15, 0.2) is 5.84 Å². The third-order valence-electron chi connectivity index (χ3n) is 5.18. The molecule has 3 rings (SSSR count). The first-order valence-electron chi connectivity index (χ1n) is 10.2. The number of hydrazone groups is 1. The molecule has 0 saturated carbocycles. The molecule has 0 aliphatic heterocycles. The Hall–Kier alpha value is -3.37. The number of hydrogen-bond acceptors (Lipinski definition) is 6. The van der Waals surface area contributed by atoms with Crippen LogP contribution in [0.15, 0.2) is 60.2 Å². The van der Waals surface area contributed by atoms with Crippen molar-refractivity contribution in [1.82, 2.24) is 25.5 Å². The Morgan fingerprint density at radius 1 is 1.25 bits per heavy atom. The Balaban J connectivity index is 1.65. The molecule has 8 nitrogen and oxygen atoms in total. The second-order valence-electron chi connectivity index (χ2n) is 7.59. The summed E-state index contributed by atoms with van der Waals surface area (Å²) >= 11 is 0. The van der Waals surface area contributed by atoms with Crippen molar-refractivity contribution >= 4 is 5.84 Å². The van der Waals surface area contributed by atoms with E-state index >= 15 is 0 Å². The standard InChI is InChI=1S/C22H27F2N7O/c1-15-4-3-5-17(10-15)21(25)30-28-9-8-27-16(2)22(32,12-31-14-26-13-29-31)19-7-6-18(23)11-20(19)24/h3-7,10-11,13-14,16,27-28,32H,8-9,12H2,1-2H3,(H2,25,30)/t16-,22-/m1/s1. The molecule has 0 spiro atoms. The van der Waals surface area contributed by atoms with Gasteiger partial charge in [-0.2, -0.15) is 10.2 Å².